The largest absolute Gasteiger partial charge is 0.433 e. The van der Waals surface area contributed by atoms with Crippen molar-refractivity contribution in [3.8, 4) is 0 Å². The van der Waals surface area contributed by atoms with Crippen LogP contribution in [0.2, 0.25) is 0 Å². The van der Waals surface area contributed by atoms with Gasteiger partial charge in [-0.1, -0.05) is 0 Å². The molecule has 1 aliphatic heterocycles. The molecule has 1 saturated heterocycles. The van der Waals surface area contributed by atoms with Gasteiger partial charge >= 0.3 is 6.18 Å². The van der Waals surface area contributed by atoms with E-state index in [9.17, 15) is 22.8 Å². The maximum atomic E-state index is 12.6. The highest BCUT2D eigenvalue weighted by molar-refractivity contribution is 5.98. The van der Waals surface area contributed by atoms with Crippen LogP contribution in [-0.2, 0) is 11.0 Å². The standard InChI is InChI=1S/C13H15F3N4O2/c1-7-8(2-3-10(19-7)13(14,15)16)12(22)20-5-4-18-6-9(20)11(17)21/h2-3,9,18H,4-6H2,1H3,(H2,17,21)/t9-/m0/s1. The molecule has 6 nitrogen and oxygen atoms in total. The van der Waals surface area contributed by atoms with Gasteiger partial charge < -0.3 is 16.0 Å². The van der Waals surface area contributed by atoms with E-state index in [-0.39, 0.29) is 24.3 Å². The summed E-state index contributed by atoms with van der Waals surface area (Å²) >= 11 is 0. The van der Waals surface area contributed by atoms with Crippen LogP contribution in [-0.4, -0.2) is 47.4 Å². The van der Waals surface area contributed by atoms with E-state index in [4.69, 9.17) is 5.73 Å². The highest BCUT2D eigenvalue weighted by atomic mass is 19.4. The molecule has 0 aromatic carbocycles. The van der Waals surface area contributed by atoms with E-state index in [1.807, 2.05) is 0 Å². The van der Waals surface area contributed by atoms with Crippen molar-refractivity contribution < 1.29 is 22.8 Å². The fraction of sp³-hybridized carbons (Fsp3) is 0.462. The van der Waals surface area contributed by atoms with E-state index < -0.39 is 29.7 Å². The van der Waals surface area contributed by atoms with E-state index >= 15 is 0 Å². The number of nitrogens with two attached hydrogens (primary N) is 1. The molecule has 120 valence electrons. The average molecular weight is 316 g/mol. The molecule has 1 fully saturated rings. The van der Waals surface area contributed by atoms with Crippen molar-refractivity contribution in [2.75, 3.05) is 19.6 Å². The van der Waals surface area contributed by atoms with Gasteiger partial charge in [0, 0.05) is 19.6 Å². The smallest absolute Gasteiger partial charge is 0.368 e. The number of alkyl halides is 3. The normalized spacial score (nSPS) is 19.1. The van der Waals surface area contributed by atoms with Crippen LogP contribution in [0.1, 0.15) is 21.7 Å². The maximum absolute atomic E-state index is 12.6. The Bertz CT molecular complexity index is 603. The number of rotatable bonds is 2. The molecule has 2 amide bonds. The van der Waals surface area contributed by atoms with Crippen molar-refractivity contribution in [2.45, 2.75) is 19.1 Å². The summed E-state index contributed by atoms with van der Waals surface area (Å²) in [5, 5.41) is 2.94. The molecule has 2 heterocycles. The molecule has 0 spiro atoms. The lowest BCUT2D eigenvalue weighted by Gasteiger charge is -2.34. The lowest BCUT2D eigenvalue weighted by molar-refractivity contribution is -0.141. The highest BCUT2D eigenvalue weighted by Crippen LogP contribution is 2.28. The van der Waals surface area contributed by atoms with Gasteiger partial charge in [0.2, 0.25) is 5.91 Å². The van der Waals surface area contributed by atoms with Crippen molar-refractivity contribution in [1.82, 2.24) is 15.2 Å². The first kappa shape index (κ1) is 16.2. The molecule has 0 radical (unpaired) electrons. The Morgan fingerprint density at radius 3 is 2.64 bits per heavy atom. The minimum atomic E-state index is -4.57. The van der Waals surface area contributed by atoms with E-state index in [0.29, 0.717) is 6.54 Å². The number of nitrogens with one attached hydrogen (secondary N) is 1. The van der Waals surface area contributed by atoms with Crippen LogP contribution in [0.3, 0.4) is 0 Å². The van der Waals surface area contributed by atoms with Crippen molar-refractivity contribution in [3.63, 3.8) is 0 Å². The highest BCUT2D eigenvalue weighted by Gasteiger charge is 2.35. The molecule has 2 rings (SSSR count). The molecule has 0 saturated carbocycles. The summed E-state index contributed by atoms with van der Waals surface area (Å²) < 4.78 is 37.8. The van der Waals surface area contributed by atoms with Gasteiger partial charge in [0.1, 0.15) is 11.7 Å². The second-order valence-corrected chi connectivity index (χ2v) is 4.95. The molecule has 1 aliphatic rings. The number of hydrogen-bond acceptors (Lipinski definition) is 4. The van der Waals surface area contributed by atoms with Crippen LogP contribution in [0.15, 0.2) is 12.1 Å². The number of aromatic nitrogens is 1. The molecule has 0 bridgehead atoms. The van der Waals surface area contributed by atoms with Gasteiger partial charge in [0.15, 0.2) is 0 Å². The number of primary amides is 1. The van der Waals surface area contributed by atoms with Crippen LogP contribution in [0.4, 0.5) is 13.2 Å². The SMILES string of the molecule is Cc1nc(C(F)(F)F)ccc1C(=O)N1CCNC[C@H]1C(N)=O. The van der Waals surface area contributed by atoms with Gasteiger partial charge in [-0.2, -0.15) is 13.2 Å². The molecule has 22 heavy (non-hydrogen) atoms. The van der Waals surface area contributed by atoms with Crippen molar-refractivity contribution in [1.29, 1.82) is 0 Å². The van der Waals surface area contributed by atoms with E-state index in [2.05, 4.69) is 10.3 Å². The first-order chi connectivity index (χ1) is 10.2. The van der Waals surface area contributed by atoms with Gasteiger partial charge in [-0.15, -0.1) is 0 Å². The number of piperazine rings is 1. The van der Waals surface area contributed by atoms with E-state index in [1.54, 1.807) is 0 Å². The number of hydrogen-bond donors (Lipinski definition) is 2. The number of amides is 2. The molecule has 0 unspecified atom stereocenters. The van der Waals surface area contributed by atoms with Crippen molar-refractivity contribution in [3.05, 3.63) is 29.1 Å². The summed E-state index contributed by atoms with van der Waals surface area (Å²) in [7, 11) is 0. The zero-order valence-electron chi connectivity index (χ0n) is 11.8. The molecular weight excluding hydrogens is 301 g/mol. The van der Waals surface area contributed by atoms with Crippen LogP contribution >= 0.6 is 0 Å². The minimum Gasteiger partial charge on any atom is -0.368 e. The molecule has 0 aliphatic carbocycles. The predicted octanol–water partition coefficient (Wildman–Crippen LogP) is 0.308. The number of aryl methyl sites for hydroxylation is 1. The Kier molecular flexibility index (Phi) is 4.36. The van der Waals surface area contributed by atoms with Gasteiger partial charge in [0.25, 0.3) is 5.91 Å². The minimum absolute atomic E-state index is 0.0288. The zero-order valence-corrected chi connectivity index (χ0v) is 11.8. The molecule has 1 aromatic rings. The third-order valence-corrected chi connectivity index (χ3v) is 3.44. The Morgan fingerprint density at radius 1 is 1.41 bits per heavy atom. The van der Waals surface area contributed by atoms with Crippen LogP contribution in [0.5, 0.6) is 0 Å². The molecule has 1 atom stereocenters. The van der Waals surface area contributed by atoms with Gasteiger partial charge in [-0.05, 0) is 19.1 Å². The fourth-order valence-corrected chi connectivity index (χ4v) is 2.30. The molecule has 1 aromatic heterocycles. The van der Waals surface area contributed by atoms with Gasteiger partial charge in [-0.25, -0.2) is 4.98 Å². The topological polar surface area (TPSA) is 88.3 Å². The fourth-order valence-electron chi connectivity index (χ4n) is 2.30. The van der Waals surface area contributed by atoms with Gasteiger partial charge in [0.05, 0.1) is 11.3 Å². The van der Waals surface area contributed by atoms with E-state index in [1.165, 1.54) is 11.8 Å². The number of carbonyl (C=O) groups is 2. The lowest BCUT2D eigenvalue weighted by Crippen LogP contribution is -2.58. The summed E-state index contributed by atoms with van der Waals surface area (Å²) in [6.07, 6.45) is -4.57. The third kappa shape index (κ3) is 3.19. The molecule has 9 heteroatoms. The summed E-state index contributed by atoms with van der Waals surface area (Å²) in [6, 6.07) is 0.998. The second-order valence-electron chi connectivity index (χ2n) is 4.95. The lowest BCUT2D eigenvalue weighted by atomic mass is 10.1. The second kappa shape index (κ2) is 5.91. The number of nitrogens with zero attached hydrogens (tertiary/aromatic N) is 2. The summed E-state index contributed by atoms with van der Waals surface area (Å²) in [5.41, 5.74) is 4.18. The van der Waals surface area contributed by atoms with E-state index in [0.717, 1.165) is 12.1 Å². The number of carbonyl (C=O) groups excluding carboxylic acids is 2. The Hall–Kier alpha value is -2.16. The summed E-state index contributed by atoms with van der Waals surface area (Å²) in [6.45, 7) is 2.26. The first-order valence-electron chi connectivity index (χ1n) is 6.57. The summed E-state index contributed by atoms with van der Waals surface area (Å²) in [5.74, 6) is -1.22. The average Bonchev–Trinajstić information content (AvgIpc) is 2.45. The van der Waals surface area contributed by atoms with Crippen LogP contribution in [0.25, 0.3) is 0 Å². The Labute approximate surface area is 124 Å². The first-order valence-corrected chi connectivity index (χ1v) is 6.57. The zero-order chi connectivity index (χ0) is 16.5. The van der Waals surface area contributed by atoms with Crippen LogP contribution < -0.4 is 11.1 Å². The Balaban J connectivity index is 2.31. The number of pyridine rings is 1. The Morgan fingerprint density at radius 2 is 2.09 bits per heavy atom. The predicted molar refractivity (Wildman–Crippen MR) is 70.9 cm³/mol. The maximum Gasteiger partial charge on any atom is 0.433 e. The quantitative estimate of drug-likeness (QED) is 0.822. The van der Waals surface area contributed by atoms with Crippen molar-refractivity contribution in [2.24, 2.45) is 5.73 Å². The molecular formula is C13H15F3N4O2. The van der Waals surface area contributed by atoms with Crippen LogP contribution in [0, 0.1) is 6.92 Å². The monoisotopic (exact) mass is 316 g/mol. The number of halogens is 3. The summed E-state index contributed by atoms with van der Waals surface area (Å²) in [4.78, 5) is 28.5. The van der Waals surface area contributed by atoms with Crippen molar-refractivity contribution >= 4 is 11.8 Å². The van der Waals surface area contributed by atoms with Gasteiger partial charge in [-0.3, -0.25) is 9.59 Å². The third-order valence-electron chi connectivity index (χ3n) is 3.44. The molecule has 3 N–H and O–H groups in total.